The Bertz CT molecular complexity index is 994. The Balaban J connectivity index is 1.56. The number of aryl methyl sites for hydroxylation is 2. The highest BCUT2D eigenvalue weighted by molar-refractivity contribution is 7.99. The summed E-state index contributed by atoms with van der Waals surface area (Å²) in [5.74, 6) is 0.926. The number of morpholine rings is 1. The predicted octanol–water partition coefficient (Wildman–Crippen LogP) is 3.69. The second-order valence-electron chi connectivity index (χ2n) is 7.17. The van der Waals surface area contributed by atoms with E-state index in [0.29, 0.717) is 6.54 Å². The van der Waals surface area contributed by atoms with E-state index in [4.69, 9.17) is 9.72 Å². The van der Waals surface area contributed by atoms with Crippen LogP contribution in [-0.2, 0) is 24.1 Å². The zero-order valence-electron chi connectivity index (χ0n) is 16.8. The van der Waals surface area contributed by atoms with Crippen LogP contribution in [0.5, 0.6) is 0 Å². The lowest BCUT2D eigenvalue weighted by Crippen LogP contribution is -2.37. The molecule has 0 radical (unpaired) electrons. The van der Waals surface area contributed by atoms with Gasteiger partial charge in [0.05, 0.1) is 18.6 Å². The van der Waals surface area contributed by atoms with Gasteiger partial charge in [-0.05, 0) is 24.5 Å². The molecular weight excluding hydrogens is 402 g/mol. The lowest BCUT2D eigenvalue weighted by atomic mass is 10.1. The van der Waals surface area contributed by atoms with Gasteiger partial charge in [-0.15, -0.1) is 11.3 Å². The van der Waals surface area contributed by atoms with Gasteiger partial charge in [0, 0.05) is 36.8 Å². The second-order valence-corrected chi connectivity index (χ2v) is 9.35. The van der Waals surface area contributed by atoms with Crippen LogP contribution in [0.2, 0.25) is 0 Å². The Labute approximate surface area is 179 Å². The lowest BCUT2D eigenvalue weighted by molar-refractivity contribution is 0.0410. The van der Waals surface area contributed by atoms with Crippen molar-refractivity contribution in [3.8, 4) is 0 Å². The number of ether oxygens (including phenoxy) is 1. The Morgan fingerprint density at radius 2 is 1.97 bits per heavy atom. The van der Waals surface area contributed by atoms with Crippen molar-refractivity contribution in [2.45, 2.75) is 31.5 Å². The van der Waals surface area contributed by atoms with E-state index in [1.54, 1.807) is 23.1 Å². The maximum atomic E-state index is 13.3. The molecule has 0 unspecified atom stereocenters. The van der Waals surface area contributed by atoms with E-state index in [-0.39, 0.29) is 5.56 Å². The summed E-state index contributed by atoms with van der Waals surface area (Å²) < 4.78 is 7.31. The highest BCUT2D eigenvalue weighted by Gasteiger charge is 2.16. The summed E-state index contributed by atoms with van der Waals surface area (Å²) in [5.41, 5.74) is 1.33. The first kappa shape index (κ1) is 20.6. The SMILES string of the molecule is CCc1cc2c(=O)n(CCc3ccccc3)c(SCCN3CCOCC3)nc2s1. The van der Waals surface area contributed by atoms with Gasteiger partial charge in [0.2, 0.25) is 0 Å². The quantitative estimate of drug-likeness (QED) is 0.404. The van der Waals surface area contributed by atoms with Gasteiger partial charge >= 0.3 is 0 Å². The summed E-state index contributed by atoms with van der Waals surface area (Å²) in [5, 5.41) is 1.61. The van der Waals surface area contributed by atoms with E-state index in [9.17, 15) is 4.79 Å². The van der Waals surface area contributed by atoms with Gasteiger partial charge in [-0.3, -0.25) is 14.3 Å². The van der Waals surface area contributed by atoms with Crippen LogP contribution in [0.4, 0.5) is 0 Å². The van der Waals surface area contributed by atoms with Gasteiger partial charge in [-0.2, -0.15) is 0 Å². The minimum absolute atomic E-state index is 0.0933. The fourth-order valence-electron chi connectivity index (χ4n) is 3.51. The molecule has 154 valence electrons. The molecule has 0 spiro atoms. The average molecular weight is 430 g/mol. The molecule has 3 heterocycles. The Kier molecular flexibility index (Phi) is 7.02. The van der Waals surface area contributed by atoms with Crippen molar-refractivity contribution in [1.82, 2.24) is 14.5 Å². The number of benzene rings is 1. The van der Waals surface area contributed by atoms with Crippen molar-refractivity contribution in [1.29, 1.82) is 0 Å². The Morgan fingerprint density at radius 3 is 2.72 bits per heavy atom. The number of hydrogen-bond donors (Lipinski definition) is 0. The first-order chi connectivity index (χ1) is 14.2. The third kappa shape index (κ3) is 5.09. The van der Waals surface area contributed by atoms with E-state index >= 15 is 0 Å². The summed E-state index contributed by atoms with van der Waals surface area (Å²) in [6.45, 7) is 7.36. The molecule has 0 atom stereocenters. The fraction of sp³-hybridized carbons (Fsp3) is 0.455. The van der Waals surface area contributed by atoms with E-state index in [2.05, 4.69) is 24.0 Å². The maximum absolute atomic E-state index is 13.3. The summed E-state index contributed by atoms with van der Waals surface area (Å²) in [7, 11) is 0. The molecule has 4 rings (SSSR count). The van der Waals surface area contributed by atoms with Gasteiger partial charge in [0.1, 0.15) is 4.83 Å². The van der Waals surface area contributed by atoms with Gasteiger partial charge < -0.3 is 4.74 Å². The van der Waals surface area contributed by atoms with Crippen LogP contribution >= 0.6 is 23.1 Å². The zero-order valence-corrected chi connectivity index (χ0v) is 18.4. The van der Waals surface area contributed by atoms with Crippen molar-refractivity contribution < 1.29 is 4.74 Å². The lowest BCUT2D eigenvalue weighted by Gasteiger charge is -2.26. The highest BCUT2D eigenvalue weighted by atomic mass is 32.2. The van der Waals surface area contributed by atoms with Crippen molar-refractivity contribution in [3.63, 3.8) is 0 Å². The molecule has 1 saturated heterocycles. The number of thioether (sulfide) groups is 1. The van der Waals surface area contributed by atoms with Crippen molar-refractivity contribution >= 4 is 33.3 Å². The first-order valence-electron chi connectivity index (χ1n) is 10.2. The average Bonchev–Trinajstić information content (AvgIpc) is 3.18. The maximum Gasteiger partial charge on any atom is 0.262 e. The molecule has 0 saturated carbocycles. The predicted molar refractivity (Wildman–Crippen MR) is 121 cm³/mol. The Hall–Kier alpha value is -1.67. The minimum Gasteiger partial charge on any atom is -0.379 e. The van der Waals surface area contributed by atoms with Gasteiger partial charge in [-0.25, -0.2) is 4.98 Å². The summed E-state index contributed by atoms with van der Waals surface area (Å²) in [6, 6.07) is 12.4. The fourth-order valence-corrected chi connectivity index (χ4v) is 5.54. The molecule has 1 fully saturated rings. The molecule has 2 aromatic heterocycles. The summed E-state index contributed by atoms with van der Waals surface area (Å²) in [4.78, 5) is 22.7. The third-order valence-electron chi connectivity index (χ3n) is 5.22. The number of thiophene rings is 1. The van der Waals surface area contributed by atoms with Crippen LogP contribution in [0, 0.1) is 0 Å². The number of hydrogen-bond acceptors (Lipinski definition) is 6. The monoisotopic (exact) mass is 429 g/mol. The molecule has 5 nitrogen and oxygen atoms in total. The van der Waals surface area contributed by atoms with Gasteiger partial charge in [-0.1, -0.05) is 49.0 Å². The van der Waals surface area contributed by atoms with Crippen molar-refractivity contribution in [2.75, 3.05) is 38.6 Å². The number of rotatable bonds is 8. The molecule has 1 aromatic carbocycles. The van der Waals surface area contributed by atoms with E-state index < -0.39 is 0 Å². The van der Waals surface area contributed by atoms with Crippen LogP contribution in [0.1, 0.15) is 17.4 Å². The summed E-state index contributed by atoms with van der Waals surface area (Å²) in [6.07, 6.45) is 1.76. The van der Waals surface area contributed by atoms with Crippen LogP contribution < -0.4 is 5.56 Å². The third-order valence-corrected chi connectivity index (χ3v) is 7.35. The van der Waals surface area contributed by atoms with Crippen LogP contribution in [0.25, 0.3) is 10.2 Å². The molecule has 0 N–H and O–H groups in total. The smallest absolute Gasteiger partial charge is 0.262 e. The standard InChI is InChI=1S/C22H27N3O2S2/c1-2-18-16-19-20(29-18)23-22(28-15-12-24-10-13-27-14-11-24)25(21(19)26)9-8-17-6-4-3-5-7-17/h3-7,16H,2,8-15H2,1H3. The van der Waals surface area contributed by atoms with Crippen molar-refractivity contribution in [3.05, 3.63) is 57.2 Å². The Morgan fingerprint density at radius 1 is 1.17 bits per heavy atom. The normalized spacial score (nSPS) is 15.2. The van der Waals surface area contributed by atoms with Gasteiger partial charge in [0.15, 0.2) is 5.16 Å². The molecule has 0 amide bonds. The molecule has 1 aliphatic heterocycles. The zero-order chi connectivity index (χ0) is 20.1. The van der Waals surface area contributed by atoms with E-state index in [1.165, 1.54) is 10.4 Å². The van der Waals surface area contributed by atoms with Crippen molar-refractivity contribution in [2.24, 2.45) is 0 Å². The van der Waals surface area contributed by atoms with Crippen LogP contribution in [-0.4, -0.2) is 53.1 Å². The second kappa shape index (κ2) is 9.89. The van der Waals surface area contributed by atoms with E-state index in [0.717, 1.165) is 66.8 Å². The molecule has 3 aromatic rings. The number of fused-ring (bicyclic) bond motifs is 1. The molecule has 0 aliphatic carbocycles. The molecular formula is C22H27N3O2S2. The summed E-state index contributed by atoms with van der Waals surface area (Å²) >= 11 is 3.34. The largest absolute Gasteiger partial charge is 0.379 e. The van der Waals surface area contributed by atoms with Crippen LogP contribution in [0.15, 0.2) is 46.3 Å². The highest BCUT2D eigenvalue weighted by Crippen LogP contribution is 2.25. The minimum atomic E-state index is 0.0933. The van der Waals surface area contributed by atoms with Crippen LogP contribution in [0.3, 0.4) is 0 Å². The number of aromatic nitrogens is 2. The first-order valence-corrected chi connectivity index (χ1v) is 12.0. The topological polar surface area (TPSA) is 47.4 Å². The van der Waals surface area contributed by atoms with Gasteiger partial charge in [0.25, 0.3) is 5.56 Å². The molecule has 1 aliphatic rings. The molecule has 0 bridgehead atoms. The number of nitrogens with zero attached hydrogens (tertiary/aromatic N) is 3. The molecule has 29 heavy (non-hydrogen) atoms. The molecule has 7 heteroatoms. The van der Waals surface area contributed by atoms with E-state index in [1.807, 2.05) is 28.8 Å².